The molecule has 7 nitrogen and oxygen atoms in total. The smallest absolute Gasteiger partial charge is 0.157 e. The maximum atomic E-state index is 5.58. The number of hydrogen-bond acceptors (Lipinski definition) is 5. The normalized spacial score (nSPS) is 18.7. The zero-order chi connectivity index (χ0) is 13.4. The van der Waals surface area contributed by atoms with Crippen molar-refractivity contribution in [3.63, 3.8) is 0 Å². The van der Waals surface area contributed by atoms with Gasteiger partial charge in [-0.2, -0.15) is 10.2 Å². The lowest BCUT2D eigenvalue weighted by Crippen LogP contribution is -1.97. The predicted molar refractivity (Wildman–Crippen MR) is 72.5 cm³/mol. The van der Waals surface area contributed by atoms with Crippen molar-refractivity contribution < 1.29 is 4.74 Å². The number of H-pyrrole nitrogens is 1. The molecule has 0 aliphatic carbocycles. The van der Waals surface area contributed by atoms with Crippen LogP contribution in [-0.4, -0.2) is 31.4 Å². The van der Waals surface area contributed by atoms with E-state index in [2.05, 4.69) is 32.0 Å². The Morgan fingerprint density at radius 1 is 1.40 bits per heavy atom. The molecule has 2 N–H and O–H groups in total. The van der Waals surface area contributed by atoms with Crippen LogP contribution in [0.2, 0.25) is 0 Å². The van der Waals surface area contributed by atoms with Gasteiger partial charge in [0.15, 0.2) is 11.6 Å². The van der Waals surface area contributed by atoms with Crippen LogP contribution >= 0.6 is 0 Å². The fraction of sp³-hybridized carbons (Fsp3) is 0.231. The highest BCUT2D eigenvalue weighted by Gasteiger charge is 2.20. The number of nitrogens with one attached hydrogen (secondary N) is 2. The highest BCUT2D eigenvalue weighted by Crippen LogP contribution is 2.28. The number of aromatic nitrogens is 5. The fourth-order valence-corrected chi connectivity index (χ4v) is 2.33. The summed E-state index contributed by atoms with van der Waals surface area (Å²) in [6.07, 6.45) is 8.35. The Hall–Kier alpha value is -2.41. The Labute approximate surface area is 115 Å². The maximum absolute atomic E-state index is 5.58. The topological polar surface area (TPSA) is 80.1 Å². The number of ether oxygens (including phenoxy) is 1. The number of fused-ring (bicyclic) bond motifs is 1. The molecule has 1 saturated heterocycles. The summed E-state index contributed by atoms with van der Waals surface area (Å²) >= 11 is 0. The summed E-state index contributed by atoms with van der Waals surface area (Å²) in [4.78, 5) is 4.32. The average molecular weight is 269 g/mol. The van der Waals surface area contributed by atoms with Gasteiger partial charge in [-0.1, -0.05) is 0 Å². The Balaban J connectivity index is 1.61. The van der Waals surface area contributed by atoms with Crippen molar-refractivity contribution in [3.8, 4) is 0 Å². The molecule has 4 heterocycles. The van der Waals surface area contributed by atoms with Crippen LogP contribution in [0.4, 0.5) is 11.6 Å². The summed E-state index contributed by atoms with van der Waals surface area (Å²) in [6.45, 7) is 0.698. The molecule has 4 rings (SSSR count). The maximum Gasteiger partial charge on any atom is 0.157 e. The summed E-state index contributed by atoms with van der Waals surface area (Å²) in [6, 6.07) is 3.85. The molecule has 3 aromatic heterocycles. The van der Waals surface area contributed by atoms with E-state index in [0.29, 0.717) is 6.61 Å². The molecule has 7 heteroatoms. The molecule has 0 unspecified atom stereocenters. The second-order valence-electron chi connectivity index (χ2n) is 4.62. The number of aromatic amines is 1. The fourth-order valence-electron chi connectivity index (χ4n) is 2.33. The molecule has 1 fully saturated rings. The van der Waals surface area contributed by atoms with E-state index in [0.717, 1.165) is 29.3 Å². The zero-order valence-corrected chi connectivity index (χ0v) is 10.7. The first-order valence-corrected chi connectivity index (χ1v) is 6.44. The first kappa shape index (κ1) is 11.4. The molecular weight excluding hydrogens is 256 g/mol. The van der Waals surface area contributed by atoms with E-state index in [1.807, 2.05) is 12.1 Å². The molecule has 1 radical (unpaired) electrons. The van der Waals surface area contributed by atoms with Crippen molar-refractivity contribution in [2.45, 2.75) is 12.5 Å². The number of anilines is 2. The molecule has 0 amide bonds. The minimum Gasteiger partial charge on any atom is -0.372 e. The van der Waals surface area contributed by atoms with Crippen LogP contribution in [-0.2, 0) is 4.74 Å². The van der Waals surface area contributed by atoms with Crippen LogP contribution < -0.4 is 5.32 Å². The Morgan fingerprint density at radius 2 is 2.40 bits per heavy atom. The van der Waals surface area contributed by atoms with Crippen molar-refractivity contribution in [1.82, 2.24) is 24.8 Å². The molecule has 0 saturated carbocycles. The molecule has 20 heavy (non-hydrogen) atoms. The van der Waals surface area contributed by atoms with Gasteiger partial charge in [-0.05, 0) is 18.9 Å². The average Bonchev–Trinajstić information content (AvgIpc) is 3.20. The summed E-state index contributed by atoms with van der Waals surface area (Å²) in [5.41, 5.74) is 1.88. The molecule has 0 spiro atoms. The van der Waals surface area contributed by atoms with Crippen molar-refractivity contribution in [3.05, 3.63) is 42.8 Å². The molecule has 0 bridgehead atoms. The summed E-state index contributed by atoms with van der Waals surface area (Å²) in [7, 11) is 0. The molecule has 1 atom stereocenters. The third-order valence-electron chi connectivity index (χ3n) is 3.31. The van der Waals surface area contributed by atoms with Gasteiger partial charge >= 0.3 is 0 Å². The van der Waals surface area contributed by atoms with Gasteiger partial charge in [-0.25, -0.2) is 9.50 Å². The monoisotopic (exact) mass is 269 g/mol. The Bertz CT molecular complexity index is 727. The molecule has 0 aromatic carbocycles. The van der Waals surface area contributed by atoms with Gasteiger partial charge in [0.25, 0.3) is 0 Å². The summed E-state index contributed by atoms with van der Waals surface area (Å²) < 4.78 is 7.34. The number of nitrogens with zero attached hydrogens (tertiary/aromatic N) is 4. The lowest BCUT2D eigenvalue weighted by Gasteiger charge is -2.04. The van der Waals surface area contributed by atoms with Crippen LogP contribution in [0.3, 0.4) is 0 Å². The van der Waals surface area contributed by atoms with Crippen LogP contribution in [0.25, 0.3) is 5.52 Å². The van der Waals surface area contributed by atoms with E-state index in [9.17, 15) is 0 Å². The van der Waals surface area contributed by atoms with Crippen molar-refractivity contribution in [1.29, 1.82) is 0 Å². The third-order valence-corrected chi connectivity index (χ3v) is 3.31. The van der Waals surface area contributed by atoms with E-state index in [-0.39, 0.29) is 6.10 Å². The van der Waals surface area contributed by atoms with Crippen molar-refractivity contribution in [2.24, 2.45) is 0 Å². The lowest BCUT2D eigenvalue weighted by atomic mass is 10.2. The van der Waals surface area contributed by atoms with Gasteiger partial charge in [0.05, 0.1) is 24.6 Å². The SMILES string of the molecule is [CH]1CO[C@@H](c2cc(Nc3nccn4nccc34)n[nH]2)C1. The van der Waals surface area contributed by atoms with Crippen LogP contribution in [0.15, 0.2) is 30.7 Å². The molecule has 3 aromatic rings. The Morgan fingerprint density at radius 3 is 3.30 bits per heavy atom. The van der Waals surface area contributed by atoms with Crippen molar-refractivity contribution >= 4 is 17.2 Å². The molecule has 1 aliphatic rings. The van der Waals surface area contributed by atoms with Gasteiger partial charge < -0.3 is 10.1 Å². The van der Waals surface area contributed by atoms with E-state index >= 15 is 0 Å². The second-order valence-corrected chi connectivity index (χ2v) is 4.62. The van der Waals surface area contributed by atoms with Gasteiger partial charge in [-0.3, -0.25) is 5.10 Å². The largest absolute Gasteiger partial charge is 0.372 e. The first-order valence-electron chi connectivity index (χ1n) is 6.44. The highest BCUT2D eigenvalue weighted by molar-refractivity contribution is 5.71. The van der Waals surface area contributed by atoms with Crippen LogP contribution in [0.5, 0.6) is 0 Å². The second kappa shape index (κ2) is 4.61. The number of hydrogen-bond donors (Lipinski definition) is 2. The molecule has 1 aliphatic heterocycles. The Kier molecular flexibility index (Phi) is 2.63. The van der Waals surface area contributed by atoms with E-state index in [1.54, 1.807) is 23.1 Å². The lowest BCUT2D eigenvalue weighted by molar-refractivity contribution is 0.111. The van der Waals surface area contributed by atoms with E-state index in [1.165, 1.54) is 0 Å². The van der Waals surface area contributed by atoms with Gasteiger partial charge in [0.2, 0.25) is 0 Å². The van der Waals surface area contributed by atoms with Gasteiger partial charge in [0, 0.05) is 18.5 Å². The van der Waals surface area contributed by atoms with E-state index < -0.39 is 0 Å². The third kappa shape index (κ3) is 1.92. The minimum absolute atomic E-state index is 0.0803. The standard InChI is InChI=1S/C13H13N6O/c1-2-11(20-7-1)9-8-12(18-17-9)16-13-10-3-4-15-19(10)6-5-14-13/h1,3-6,8,11H,2,7H2,(H2,14,16,17,18)/t11-/m1/s1. The summed E-state index contributed by atoms with van der Waals surface area (Å²) in [5, 5.41) is 14.6. The number of rotatable bonds is 3. The highest BCUT2D eigenvalue weighted by atomic mass is 16.5. The molecule has 101 valence electrons. The van der Waals surface area contributed by atoms with Gasteiger partial charge in [-0.15, -0.1) is 0 Å². The van der Waals surface area contributed by atoms with Crippen LogP contribution in [0, 0.1) is 6.42 Å². The van der Waals surface area contributed by atoms with Gasteiger partial charge in [0.1, 0.15) is 5.52 Å². The van der Waals surface area contributed by atoms with E-state index in [4.69, 9.17) is 4.74 Å². The van der Waals surface area contributed by atoms with Crippen molar-refractivity contribution in [2.75, 3.05) is 11.9 Å². The van der Waals surface area contributed by atoms with Crippen LogP contribution in [0.1, 0.15) is 18.2 Å². The summed E-state index contributed by atoms with van der Waals surface area (Å²) in [5.74, 6) is 1.44. The molecular formula is C13H13N6O. The zero-order valence-electron chi connectivity index (χ0n) is 10.7. The quantitative estimate of drug-likeness (QED) is 0.758. The minimum atomic E-state index is 0.0803. The predicted octanol–water partition coefficient (Wildman–Crippen LogP) is 1.86. The first-order chi connectivity index (χ1) is 9.90.